The van der Waals surface area contributed by atoms with Gasteiger partial charge in [0.05, 0.1) is 14.2 Å². The van der Waals surface area contributed by atoms with Crippen LogP contribution in [0.1, 0.15) is 31.2 Å². The molecule has 0 spiro atoms. The number of aliphatic hydroxyl groups is 1. The molecule has 1 N–H and O–H groups in total. The maximum absolute atomic E-state index is 10.2. The van der Waals surface area contributed by atoms with Crippen LogP contribution in [-0.2, 0) is 6.42 Å². The van der Waals surface area contributed by atoms with Crippen LogP contribution in [0.5, 0.6) is 0 Å². The summed E-state index contributed by atoms with van der Waals surface area (Å²) in [7, 11) is -1.30. The fraction of sp³-hybridized carbons (Fsp3) is 0.429. The largest absolute Gasteiger partial charge is 0.393 e. The second-order valence-electron chi connectivity index (χ2n) is 7.17. The summed E-state index contributed by atoms with van der Waals surface area (Å²) in [6, 6.07) is 22.7. The molecule has 2 heteroatoms. The van der Waals surface area contributed by atoms with Crippen molar-refractivity contribution in [2.75, 3.05) is 0 Å². The fourth-order valence-electron chi connectivity index (χ4n) is 3.10. The highest BCUT2D eigenvalue weighted by Crippen LogP contribution is 2.17. The number of aliphatic hydroxyl groups excluding tert-OH is 1. The SMILES string of the molecule is C[Si](C)(CCCCC(O)CCc1ccccc1)c1ccccc1. The summed E-state index contributed by atoms with van der Waals surface area (Å²) in [6.07, 6.45) is 5.01. The molecule has 0 fully saturated rings. The van der Waals surface area contributed by atoms with Crippen molar-refractivity contribution in [3.63, 3.8) is 0 Å². The van der Waals surface area contributed by atoms with Crippen LogP contribution in [0.4, 0.5) is 0 Å². The van der Waals surface area contributed by atoms with Crippen LogP contribution >= 0.6 is 0 Å². The Morgan fingerprint density at radius 1 is 0.826 bits per heavy atom. The van der Waals surface area contributed by atoms with E-state index >= 15 is 0 Å². The minimum atomic E-state index is -1.30. The molecular formula is C21H30OSi. The molecular weight excluding hydrogens is 296 g/mol. The Kier molecular flexibility index (Phi) is 7.06. The Labute approximate surface area is 142 Å². The van der Waals surface area contributed by atoms with Crippen LogP contribution in [-0.4, -0.2) is 19.3 Å². The zero-order valence-electron chi connectivity index (χ0n) is 14.5. The summed E-state index contributed by atoms with van der Waals surface area (Å²) in [5.41, 5.74) is 1.32. The van der Waals surface area contributed by atoms with Crippen molar-refractivity contribution >= 4 is 13.3 Å². The lowest BCUT2D eigenvalue weighted by atomic mass is 10.0. The van der Waals surface area contributed by atoms with Gasteiger partial charge in [-0.15, -0.1) is 0 Å². The van der Waals surface area contributed by atoms with Crippen LogP contribution in [0.2, 0.25) is 19.1 Å². The molecule has 1 atom stereocenters. The van der Waals surface area contributed by atoms with Gasteiger partial charge in [-0.3, -0.25) is 0 Å². The van der Waals surface area contributed by atoms with E-state index in [-0.39, 0.29) is 6.10 Å². The summed E-state index contributed by atoms with van der Waals surface area (Å²) in [4.78, 5) is 0. The van der Waals surface area contributed by atoms with Gasteiger partial charge in [0.25, 0.3) is 0 Å². The van der Waals surface area contributed by atoms with E-state index in [1.165, 1.54) is 18.0 Å². The van der Waals surface area contributed by atoms with E-state index < -0.39 is 8.07 Å². The van der Waals surface area contributed by atoms with Crippen molar-refractivity contribution in [2.45, 2.75) is 57.3 Å². The van der Waals surface area contributed by atoms with Gasteiger partial charge in [-0.25, -0.2) is 0 Å². The lowest BCUT2D eigenvalue weighted by Crippen LogP contribution is -2.40. The minimum Gasteiger partial charge on any atom is -0.393 e. The third kappa shape index (κ3) is 6.32. The summed E-state index contributed by atoms with van der Waals surface area (Å²) < 4.78 is 0. The highest BCUT2D eigenvalue weighted by Gasteiger charge is 2.22. The molecule has 0 radical (unpaired) electrons. The molecule has 1 nitrogen and oxygen atoms in total. The summed E-state index contributed by atoms with van der Waals surface area (Å²) in [6.45, 7) is 4.91. The van der Waals surface area contributed by atoms with Crippen molar-refractivity contribution in [1.29, 1.82) is 0 Å². The Balaban J connectivity index is 1.65. The number of unbranched alkanes of at least 4 members (excludes halogenated alkanes) is 1. The minimum absolute atomic E-state index is 0.156. The number of benzene rings is 2. The van der Waals surface area contributed by atoms with Gasteiger partial charge in [0.2, 0.25) is 0 Å². The van der Waals surface area contributed by atoms with Crippen LogP contribution in [0.3, 0.4) is 0 Å². The van der Waals surface area contributed by atoms with Gasteiger partial charge < -0.3 is 5.11 Å². The molecule has 2 aromatic carbocycles. The summed E-state index contributed by atoms with van der Waals surface area (Å²) in [5.74, 6) is 0. The van der Waals surface area contributed by atoms with Gasteiger partial charge >= 0.3 is 0 Å². The third-order valence-corrected chi connectivity index (χ3v) is 8.25. The topological polar surface area (TPSA) is 20.2 Å². The van der Waals surface area contributed by atoms with Crippen molar-refractivity contribution in [1.82, 2.24) is 0 Å². The van der Waals surface area contributed by atoms with Gasteiger partial charge in [0.1, 0.15) is 0 Å². The number of rotatable bonds is 9. The quantitative estimate of drug-likeness (QED) is 0.520. The first-order valence-corrected chi connectivity index (χ1v) is 12.1. The highest BCUT2D eigenvalue weighted by atomic mass is 28.3. The third-order valence-electron chi connectivity index (χ3n) is 4.75. The molecule has 2 rings (SSSR count). The first kappa shape index (κ1) is 18.0. The van der Waals surface area contributed by atoms with Gasteiger partial charge in [0.15, 0.2) is 0 Å². The molecule has 0 aliphatic heterocycles. The maximum atomic E-state index is 10.2. The lowest BCUT2D eigenvalue weighted by Gasteiger charge is -2.23. The van der Waals surface area contributed by atoms with E-state index in [9.17, 15) is 5.11 Å². The Bertz CT molecular complexity index is 551. The van der Waals surface area contributed by atoms with Crippen molar-refractivity contribution in [2.24, 2.45) is 0 Å². The predicted octanol–water partition coefficient (Wildman–Crippen LogP) is 4.77. The maximum Gasteiger partial charge on any atom is 0.0806 e. The van der Waals surface area contributed by atoms with E-state index in [1.54, 1.807) is 5.19 Å². The van der Waals surface area contributed by atoms with Crippen molar-refractivity contribution in [3.05, 3.63) is 66.2 Å². The number of hydrogen-bond donors (Lipinski definition) is 1. The number of aryl methyl sites for hydroxylation is 1. The van der Waals surface area contributed by atoms with Gasteiger partial charge in [-0.2, -0.15) is 0 Å². The smallest absolute Gasteiger partial charge is 0.0806 e. The second kappa shape index (κ2) is 9.04. The van der Waals surface area contributed by atoms with E-state index in [4.69, 9.17) is 0 Å². The fourth-order valence-corrected chi connectivity index (χ4v) is 5.62. The average molecular weight is 327 g/mol. The standard InChI is InChI=1S/C21H30OSi/c1-23(2,21-14-7-4-8-15-21)18-10-9-13-20(22)17-16-19-11-5-3-6-12-19/h3-8,11-12,14-15,20,22H,9-10,13,16-18H2,1-2H3. The van der Waals surface area contributed by atoms with Crippen LogP contribution < -0.4 is 5.19 Å². The molecule has 2 aromatic rings. The van der Waals surface area contributed by atoms with Gasteiger partial charge in [-0.1, -0.05) is 97.8 Å². The monoisotopic (exact) mass is 326 g/mol. The first-order valence-electron chi connectivity index (χ1n) is 8.85. The molecule has 0 aliphatic carbocycles. The average Bonchev–Trinajstić information content (AvgIpc) is 2.59. The molecule has 0 saturated heterocycles. The Morgan fingerprint density at radius 3 is 2.09 bits per heavy atom. The molecule has 0 aliphatic rings. The van der Waals surface area contributed by atoms with E-state index in [2.05, 4.69) is 67.7 Å². The molecule has 0 bridgehead atoms. The van der Waals surface area contributed by atoms with Crippen LogP contribution in [0.25, 0.3) is 0 Å². The van der Waals surface area contributed by atoms with Gasteiger partial charge in [-0.05, 0) is 24.8 Å². The highest BCUT2D eigenvalue weighted by molar-refractivity contribution is 6.89. The van der Waals surface area contributed by atoms with Crippen LogP contribution in [0.15, 0.2) is 60.7 Å². The molecule has 0 heterocycles. The molecule has 0 amide bonds. The van der Waals surface area contributed by atoms with Crippen molar-refractivity contribution < 1.29 is 5.11 Å². The predicted molar refractivity (Wildman–Crippen MR) is 103 cm³/mol. The number of hydrogen-bond acceptors (Lipinski definition) is 1. The lowest BCUT2D eigenvalue weighted by molar-refractivity contribution is 0.152. The second-order valence-corrected chi connectivity index (χ2v) is 12.0. The van der Waals surface area contributed by atoms with Gasteiger partial charge in [0, 0.05) is 0 Å². The van der Waals surface area contributed by atoms with E-state index in [0.29, 0.717) is 0 Å². The normalized spacial score (nSPS) is 13.0. The molecule has 23 heavy (non-hydrogen) atoms. The molecule has 1 unspecified atom stereocenters. The van der Waals surface area contributed by atoms with E-state index in [0.717, 1.165) is 25.7 Å². The zero-order valence-corrected chi connectivity index (χ0v) is 15.5. The Morgan fingerprint density at radius 2 is 1.43 bits per heavy atom. The molecule has 124 valence electrons. The zero-order chi connectivity index (χ0) is 16.5. The summed E-state index contributed by atoms with van der Waals surface area (Å²) >= 11 is 0. The molecule has 0 saturated carbocycles. The molecule has 0 aromatic heterocycles. The summed E-state index contributed by atoms with van der Waals surface area (Å²) in [5, 5.41) is 11.7. The first-order chi connectivity index (χ1) is 11.1. The van der Waals surface area contributed by atoms with E-state index in [1.807, 2.05) is 6.07 Å². The van der Waals surface area contributed by atoms with Crippen LogP contribution in [0, 0.1) is 0 Å². The Hall–Kier alpha value is -1.38. The van der Waals surface area contributed by atoms with Crippen molar-refractivity contribution in [3.8, 4) is 0 Å².